The van der Waals surface area contributed by atoms with Crippen LogP contribution in [0.5, 0.6) is 0 Å². The number of nitrogens with zero attached hydrogens (tertiary/aromatic N) is 2. The number of rotatable bonds is 14. The molecule has 1 aromatic heterocycles. The summed E-state index contributed by atoms with van der Waals surface area (Å²) in [5.41, 5.74) is 6.12. The molecule has 4 rings (SSSR count). The highest BCUT2D eigenvalue weighted by atomic mass is 32.1. The van der Waals surface area contributed by atoms with Crippen molar-refractivity contribution in [3.63, 3.8) is 0 Å². The SMILES string of the molecule is CNc1cc(CNC[C@@H](O)[C@H](Cc2ccccc2)NC(=O)c2cccc(C(=O)N(C)Cc3nc(C)cs3)c2)cc(C(C)C)c1. The summed E-state index contributed by atoms with van der Waals surface area (Å²) in [4.78, 5) is 32.7. The van der Waals surface area contributed by atoms with Gasteiger partial charge in [0.2, 0.25) is 0 Å². The molecule has 8 nitrogen and oxygen atoms in total. The van der Waals surface area contributed by atoms with Crippen LogP contribution in [-0.2, 0) is 19.5 Å². The van der Waals surface area contributed by atoms with E-state index in [0.717, 1.165) is 27.5 Å². The lowest BCUT2D eigenvalue weighted by Gasteiger charge is -2.25. The smallest absolute Gasteiger partial charge is 0.253 e. The molecule has 232 valence electrons. The summed E-state index contributed by atoms with van der Waals surface area (Å²) < 4.78 is 0. The molecule has 4 aromatic rings. The Hall–Kier alpha value is -4.05. The summed E-state index contributed by atoms with van der Waals surface area (Å²) in [5, 5.41) is 23.7. The van der Waals surface area contributed by atoms with Gasteiger partial charge in [0.1, 0.15) is 5.01 Å². The molecule has 2 amide bonds. The lowest BCUT2D eigenvalue weighted by molar-refractivity contribution is 0.0784. The standard InChI is InChI=1S/C35H43N5O3S/c1-23(2)29-14-26(15-30(18-29)36-4)19-37-20-32(41)31(16-25-10-7-6-8-11-25)39-34(42)27-12-9-13-28(17-27)35(43)40(5)21-33-38-24(3)22-44-33/h6-15,17-18,22-23,31-32,36-37,41H,16,19-21H2,1-5H3,(H,39,42)/t31-,32+/m0/s1. The number of hydrogen-bond donors (Lipinski definition) is 4. The third kappa shape index (κ3) is 9.22. The monoisotopic (exact) mass is 613 g/mol. The van der Waals surface area contributed by atoms with Crippen LogP contribution in [0.25, 0.3) is 0 Å². The average molecular weight is 614 g/mol. The maximum Gasteiger partial charge on any atom is 0.253 e. The first-order valence-electron chi connectivity index (χ1n) is 14.9. The molecule has 2 atom stereocenters. The van der Waals surface area contributed by atoms with E-state index in [1.165, 1.54) is 16.9 Å². The van der Waals surface area contributed by atoms with Crippen LogP contribution in [0.4, 0.5) is 5.69 Å². The van der Waals surface area contributed by atoms with Crippen LogP contribution in [-0.4, -0.2) is 59.6 Å². The number of aromatic nitrogens is 1. The Morgan fingerprint density at radius 2 is 1.73 bits per heavy atom. The molecule has 1 heterocycles. The molecule has 0 spiro atoms. The summed E-state index contributed by atoms with van der Waals surface area (Å²) in [6, 6.07) is 22.4. The van der Waals surface area contributed by atoms with E-state index in [9.17, 15) is 14.7 Å². The second kappa shape index (κ2) is 15.6. The van der Waals surface area contributed by atoms with Gasteiger partial charge in [-0.15, -0.1) is 11.3 Å². The number of anilines is 1. The van der Waals surface area contributed by atoms with Crippen LogP contribution in [0.2, 0.25) is 0 Å². The Kier molecular flexibility index (Phi) is 11.7. The predicted molar refractivity (Wildman–Crippen MR) is 178 cm³/mol. The molecular formula is C35H43N5O3S. The first-order valence-corrected chi connectivity index (χ1v) is 15.8. The van der Waals surface area contributed by atoms with Crippen LogP contribution in [0.1, 0.15) is 67.9 Å². The van der Waals surface area contributed by atoms with Crippen molar-refractivity contribution in [1.29, 1.82) is 0 Å². The fraction of sp³-hybridized carbons (Fsp3) is 0.343. The van der Waals surface area contributed by atoms with E-state index < -0.39 is 12.1 Å². The zero-order valence-corrected chi connectivity index (χ0v) is 26.9. The van der Waals surface area contributed by atoms with Gasteiger partial charge < -0.3 is 26.0 Å². The average Bonchev–Trinajstić information content (AvgIpc) is 3.44. The second-order valence-corrected chi connectivity index (χ2v) is 12.4. The molecule has 0 aliphatic rings. The molecule has 0 aliphatic heterocycles. The molecule has 0 saturated heterocycles. The van der Waals surface area contributed by atoms with Crippen molar-refractivity contribution in [2.24, 2.45) is 0 Å². The molecule has 0 saturated carbocycles. The highest BCUT2D eigenvalue weighted by molar-refractivity contribution is 7.09. The number of aliphatic hydroxyl groups excluding tert-OH is 1. The highest BCUT2D eigenvalue weighted by Gasteiger charge is 2.23. The van der Waals surface area contributed by atoms with Crippen molar-refractivity contribution >= 4 is 28.8 Å². The summed E-state index contributed by atoms with van der Waals surface area (Å²) >= 11 is 1.52. The zero-order chi connectivity index (χ0) is 31.6. The predicted octanol–water partition coefficient (Wildman–Crippen LogP) is 5.38. The Labute approximate surface area is 264 Å². The number of nitrogens with one attached hydrogen (secondary N) is 3. The van der Waals surface area contributed by atoms with E-state index in [2.05, 4.69) is 53.0 Å². The number of hydrogen-bond acceptors (Lipinski definition) is 7. The van der Waals surface area contributed by atoms with Gasteiger partial charge in [0, 0.05) is 55.1 Å². The third-order valence-electron chi connectivity index (χ3n) is 7.49. The maximum atomic E-state index is 13.5. The van der Waals surface area contributed by atoms with E-state index >= 15 is 0 Å². The van der Waals surface area contributed by atoms with Crippen molar-refractivity contribution in [2.75, 3.05) is 26.0 Å². The van der Waals surface area contributed by atoms with E-state index in [-0.39, 0.29) is 18.4 Å². The quantitative estimate of drug-likeness (QED) is 0.152. The van der Waals surface area contributed by atoms with Crippen molar-refractivity contribution in [3.8, 4) is 0 Å². The molecule has 0 fully saturated rings. The molecular weight excluding hydrogens is 570 g/mol. The Balaban J connectivity index is 1.44. The van der Waals surface area contributed by atoms with Gasteiger partial charge >= 0.3 is 0 Å². The summed E-state index contributed by atoms with van der Waals surface area (Å²) in [5.74, 6) is -0.142. The molecule has 9 heteroatoms. The minimum atomic E-state index is -0.853. The van der Waals surface area contributed by atoms with Crippen LogP contribution < -0.4 is 16.0 Å². The zero-order valence-electron chi connectivity index (χ0n) is 26.1. The van der Waals surface area contributed by atoms with E-state index in [1.807, 2.05) is 49.7 Å². The molecule has 3 aromatic carbocycles. The van der Waals surface area contributed by atoms with Gasteiger partial charge in [-0.2, -0.15) is 0 Å². The fourth-order valence-electron chi connectivity index (χ4n) is 4.97. The first kappa shape index (κ1) is 32.9. The van der Waals surface area contributed by atoms with Gasteiger partial charge in [0.25, 0.3) is 11.8 Å². The van der Waals surface area contributed by atoms with Crippen molar-refractivity contribution in [1.82, 2.24) is 20.5 Å². The number of amides is 2. The number of carbonyl (C=O) groups excluding carboxylic acids is 2. The summed E-state index contributed by atoms with van der Waals surface area (Å²) in [6.07, 6.45) is -0.398. The molecule has 0 aliphatic carbocycles. The van der Waals surface area contributed by atoms with E-state index in [1.54, 1.807) is 36.2 Å². The molecule has 44 heavy (non-hydrogen) atoms. The molecule has 0 radical (unpaired) electrons. The van der Waals surface area contributed by atoms with E-state index in [4.69, 9.17) is 0 Å². The minimum absolute atomic E-state index is 0.194. The minimum Gasteiger partial charge on any atom is -0.390 e. The Morgan fingerprint density at radius 3 is 2.41 bits per heavy atom. The van der Waals surface area contributed by atoms with Gasteiger partial charge in [0.05, 0.1) is 18.7 Å². The van der Waals surface area contributed by atoms with Gasteiger partial charge in [-0.3, -0.25) is 9.59 Å². The van der Waals surface area contributed by atoms with E-state index in [0.29, 0.717) is 36.6 Å². The van der Waals surface area contributed by atoms with Gasteiger partial charge in [0.15, 0.2) is 0 Å². The summed E-state index contributed by atoms with van der Waals surface area (Å²) in [7, 11) is 3.63. The number of carbonyl (C=O) groups is 2. The fourth-order valence-corrected chi connectivity index (χ4v) is 5.80. The number of aliphatic hydroxyl groups is 1. The van der Waals surface area contributed by atoms with Gasteiger partial charge in [-0.1, -0.05) is 56.3 Å². The number of thiazole rings is 1. The summed E-state index contributed by atoms with van der Waals surface area (Å²) in [6.45, 7) is 7.52. The van der Waals surface area contributed by atoms with Crippen molar-refractivity contribution < 1.29 is 14.7 Å². The van der Waals surface area contributed by atoms with Gasteiger partial charge in [-0.05, 0) is 66.3 Å². The van der Waals surface area contributed by atoms with Crippen LogP contribution in [0.3, 0.4) is 0 Å². The molecule has 0 bridgehead atoms. The Morgan fingerprint density at radius 1 is 0.977 bits per heavy atom. The van der Waals surface area contributed by atoms with Crippen molar-refractivity contribution in [2.45, 2.75) is 58.3 Å². The largest absolute Gasteiger partial charge is 0.390 e. The number of aryl methyl sites for hydroxylation is 1. The van der Waals surface area contributed by atoms with Crippen LogP contribution in [0, 0.1) is 6.92 Å². The van der Waals surface area contributed by atoms with Crippen LogP contribution >= 0.6 is 11.3 Å². The lowest BCUT2D eigenvalue weighted by atomic mass is 9.99. The van der Waals surface area contributed by atoms with Crippen LogP contribution in [0.15, 0.2) is 78.2 Å². The lowest BCUT2D eigenvalue weighted by Crippen LogP contribution is -2.48. The normalized spacial score (nSPS) is 12.5. The Bertz CT molecular complexity index is 1540. The first-order chi connectivity index (χ1) is 21.1. The maximum absolute atomic E-state index is 13.5. The highest BCUT2D eigenvalue weighted by Crippen LogP contribution is 2.21. The molecule has 0 unspecified atom stereocenters. The van der Waals surface area contributed by atoms with Gasteiger partial charge in [-0.25, -0.2) is 4.98 Å². The topological polar surface area (TPSA) is 107 Å². The number of benzene rings is 3. The molecule has 4 N–H and O–H groups in total. The second-order valence-electron chi connectivity index (χ2n) is 11.5. The third-order valence-corrected chi connectivity index (χ3v) is 8.44. The van der Waals surface area contributed by atoms with Crippen molar-refractivity contribution in [3.05, 3.63) is 117 Å².